The predicted molar refractivity (Wildman–Crippen MR) is 81.9 cm³/mol. The maximum absolute atomic E-state index is 12.7. The predicted octanol–water partition coefficient (Wildman–Crippen LogP) is 3.27. The van der Waals surface area contributed by atoms with Crippen molar-refractivity contribution < 1.29 is 19.1 Å². The molecular weight excluding hydrogens is 292 g/mol. The van der Waals surface area contributed by atoms with Gasteiger partial charge in [-0.3, -0.25) is 9.59 Å². The number of allylic oxidation sites excluding steroid dienone is 2. The van der Waals surface area contributed by atoms with Crippen molar-refractivity contribution in [3.05, 3.63) is 41.2 Å². The van der Waals surface area contributed by atoms with Gasteiger partial charge in [-0.1, -0.05) is 18.2 Å². The largest absolute Gasteiger partial charge is 0.455 e. The molecular formula is C19H18O4. The molecule has 118 valence electrons. The number of carbonyl (C=O) groups excluding carboxylic acids is 2. The molecule has 1 saturated carbocycles. The van der Waals surface area contributed by atoms with Crippen molar-refractivity contribution in [2.24, 2.45) is 5.92 Å². The molecule has 3 atom stereocenters. The van der Waals surface area contributed by atoms with E-state index in [1.54, 1.807) is 0 Å². The van der Waals surface area contributed by atoms with E-state index in [0.29, 0.717) is 19.3 Å². The minimum Gasteiger partial charge on any atom is -0.455 e. The van der Waals surface area contributed by atoms with Crippen LogP contribution in [0.1, 0.15) is 50.0 Å². The summed E-state index contributed by atoms with van der Waals surface area (Å²) in [5.74, 6) is 0.363. The summed E-state index contributed by atoms with van der Waals surface area (Å²) in [4.78, 5) is 25.4. The van der Waals surface area contributed by atoms with E-state index in [4.69, 9.17) is 9.47 Å². The second kappa shape index (κ2) is 4.47. The molecule has 0 amide bonds. The molecule has 2 bridgehead atoms. The molecule has 2 heterocycles. The van der Waals surface area contributed by atoms with Crippen molar-refractivity contribution in [3.8, 4) is 5.75 Å². The van der Waals surface area contributed by atoms with E-state index in [9.17, 15) is 9.59 Å². The van der Waals surface area contributed by atoms with Crippen molar-refractivity contribution in [3.63, 3.8) is 0 Å². The van der Waals surface area contributed by atoms with E-state index in [2.05, 4.69) is 0 Å². The molecule has 4 aliphatic rings. The van der Waals surface area contributed by atoms with Crippen LogP contribution in [-0.2, 0) is 14.3 Å². The van der Waals surface area contributed by atoms with Gasteiger partial charge in [0.2, 0.25) is 0 Å². The third-order valence-corrected chi connectivity index (χ3v) is 5.65. The number of ether oxygens (including phenoxy) is 2. The minimum atomic E-state index is -0.898. The van der Waals surface area contributed by atoms with Crippen LogP contribution in [0.25, 0.3) is 0 Å². The first kappa shape index (κ1) is 13.3. The molecule has 0 aromatic heterocycles. The Morgan fingerprint density at radius 3 is 2.78 bits per heavy atom. The molecule has 1 aromatic rings. The topological polar surface area (TPSA) is 52.6 Å². The standard InChI is InChI=1S/C19H18O4/c20-12-6-3-9-15-17(12)16-11-5-1-2-8-14(11)22-19(23-15)10-4-7-13(21)18(16)19/h1-2,5,8,16,18H,3-4,6-7,9-10H2. The SMILES string of the molecule is O=C1CCCC2=C1C1c3ccccc3OC3(CCCC(=O)C13)O2. The van der Waals surface area contributed by atoms with Crippen molar-refractivity contribution in [2.45, 2.75) is 50.2 Å². The second-order valence-electron chi connectivity index (χ2n) is 6.94. The summed E-state index contributed by atoms with van der Waals surface area (Å²) in [6, 6.07) is 7.78. The molecule has 0 N–H and O–H groups in total. The first-order valence-electron chi connectivity index (χ1n) is 8.45. The highest BCUT2D eigenvalue weighted by Crippen LogP contribution is 2.58. The van der Waals surface area contributed by atoms with Gasteiger partial charge in [0.15, 0.2) is 5.78 Å². The molecule has 0 radical (unpaired) electrons. The summed E-state index contributed by atoms with van der Waals surface area (Å²) in [6.07, 6.45) is 4.18. The van der Waals surface area contributed by atoms with Crippen LogP contribution in [0.2, 0.25) is 0 Å². The highest BCUT2D eigenvalue weighted by atomic mass is 16.7. The van der Waals surface area contributed by atoms with Gasteiger partial charge in [0, 0.05) is 42.7 Å². The summed E-state index contributed by atoms with van der Waals surface area (Å²) in [6.45, 7) is 0. The fourth-order valence-electron chi connectivity index (χ4n) is 4.77. The van der Waals surface area contributed by atoms with Crippen LogP contribution in [0.4, 0.5) is 0 Å². The van der Waals surface area contributed by atoms with Gasteiger partial charge < -0.3 is 9.47 Å². The first-order chi connectivity index (χ1) is 11.2. The number of rotatable bonds is 0. The number of carbonyl (C=O) groups is 2. The summed E-state index contributed by atoms with van der Waals surface area (Å²) in [5, 5.41) is 0. The van der Waals surface area contributed by atoms with E-state index in [1.165, 1.54) is 0 Å². The Kier molecular flexibility index (Phi) is 2.59. The van der Waals surface area contributed by atoms with Gasteiger partial charge in [0.25, 0.3) is 5.79 Å². The maximum Gasteiger partial charge on any atom is 0.261 e. The Balaban J connectivity index is 1.80. The normalized spacial score (nSPS) is 34.8. The van der Waals surface area contributed by atoms with Crippen LogP contribution >= 0.6 is 0 Å². The molecule has 5 rings (SSSR count). The zero-order valence-corrected chi connectivity index (χ0v) is 12.8. The molecule has 2 aliphatic carbocycles. The van der Waals surface area contributed by atoms with Crippen LogP contribution in [0.15, 0.2) is 35.6 Å². The van der Waals surface area contributed by atoms with E-state index in [-0.39, 0.29) is 23.4 Å². The number of hydrogen-bond acceptors (Lipinski definition) is 4. The Morgan fingerprint density at radius 2 is 1.87 bits per heavy atom. The van der Waals surface area contributed by atoms with E-state index >= 15 is 0 Å². The van der Waals surface area contributed by atoms with Crippen LogP contribution in [0.5, 0.6) is 5.75 Å². The highest BCUT2D eigenvalue weighted by Gasteiger charge is 2.62. The van der Waals surface area contributed by atoms with Gasteiger partial charge in [-0.15, -0.1) is 0 Å². The van der Waals surface area contributed by atoms with E-state index < -0.39 is 5.79 Å². The van der Waals surface area contributed by atoms with Crippen LogP contribution in [-0.4, -0.2) is 17.4 Å². The van der Waals surface area contributed by atoms with Gasteiger partial charge in [-0.25, -0.2) is 0 Å². The smallest absolute Gasteiger partial charge is 0.261 e. The minimum absolute atomic E-state index is 0.139. The molecule has 4 nitrogen and oxygen atoms in total. The molecule has 3 unspecified atom stereocenters. The quantitative estimate of drug-likeness (QED) is 0.738. The Bertz CT molecular complexity index is 762. The number of ketones is 2. The zero-order valence-electron chi connectivity index (χ0n) is 12.8. The first-order valence-corrected chi connectivity index (χ1v) is 8.45. The zero-order chi connectivity index (χ0) is 15.6. The van der Waals surface area contributed by atoms with Gasteiger partial charge in [-0.2, -0.15) is 0 Å². The molecule has 4 heteroatoms. The fourth-order valence-corrected chi connectivity index (χ4v) is 4.77. The fraction of sp³-hybridized carbons (Fsp3) is 0.474. The Hall–Kier alpha value is -2.10. The molecule has 2 aliphatic heterocycles. The lowest BCUT2D eigenvalue weighted by atomic mass is 9.64. The Morgan fingerprint density at radius 1 is 1.00 bits per heavy atom. The third kappa shape index (κ3) is 1.66. The van der Waals surface area contributed by atoms with E-state index in [1.807, 2.05) is 24.3 Å². The summed E-state index contributed by atoms with van der Waals surface area (Å²) >= 11 is 0. The highest BCUT2D eigenvalue weighted by molar-refractivity contribution is 6.00. The number of para-hydroxylation sites is 1. The maximum atomic E-state index is 12.7. The number of benzene rings is 1. The van der Waals surface area contributed by atoms with Crippen molar-refractivity contribution >= 4 is 11.6 Å². The number of Topliss-reactive ketones (excluding diaryl/α,β-unsaturated/α-hetero) is 2. The lowest BCUT2D eigenvalue weighted by Gasteiger charge is -2.53. The molecule has 23 heavy (non-hydrogen) atoms. The summed E-state index contributed by atoms with van der Waals surface area (Å²) < 4.78 is 12.5. The third-order valence-electron chi connectivity index (χ3n) is 5.65. The van der Waals surface area contributed by atoms with Gasteiger partial charge in [0.05, 0.1) is 0 Å². The lowest BCUT2D eigenvalue weighted by molar-refractivity contribution is -0.228. The Labute approximate surface area is 134 Å². The monoisotopic (exact) mass is 310 g/mol. The second-order valence-corrected chi connectivity index (χ2v) is 6.94. The molecule has 1 aromatic carbocycles. The van der Waals surface area contributed by atoms with Gasteiger partial charge >= 0.3 is 0 Å². The number of hydrogen-bond donors (Lipinski definition) is 0. The molecule has 0 saturated heterocycles. The van der Waals surface area contributed by atoms with Gasteiger partial charge in [-0.05, 0) is 18.9 Å². The molecule has 1 fully saturated rings. The van der Waals surface area contributed by atoms with Crippen LogP contribution < -0.4 is 4.74 Å². The summed E-state index contributed by atoms with van der Waals surface area (Å²) in [7, 11) is 0. The average molecular weight is 310 g/mol. The van der Waals surface area contributed by atoms with Crippen LogP contribution in [0, 0.1) is 5.92 Å². The lowest BCUT2D eigenvalue weighted by Crippen LogP contribution is -2.59. The average Bonchev–Trinajstić information content (AvgIpc) is 2.54. The summed E-state index contributed by atoms with van der Waals surface area (Å²) in [5.41, 5.74) is 1.71. The molecule has 0 spiro atoms. The van der Waals surface area contributed by atoms with Gasteiger partial charge in [0.1, 0.15) is 23.2 Å². The van der Waals surface area contributed by atoms with Crippen molar-refractivity contribution in [1.29, 1.82) is 0 Å². The number of fused-ring (bicyclic) bond motifs is 3. The van der Waals surface area contributed by atoms with Crippen molar-refractivity contribution in [1.82, 2.24) is 0 Å². The van der Waals surface area contributed by atoms with Crippen molar-refractivity contribution in [2.75, 3.05) is 0 Å². The van der Waals surface area contributed by atoms with E-state index in [0.717, 1.165) is 41.9 Å². The van der Waals surface area contributed by atoms with Crippen LogP contribution in [0.3, 0.4) is 0 Å².